The zero-order chi connectivity index (χ0) is 27.2. The van der Waals surface area contributed by atoms with E-state index < -0.39 is 29.9 Å². The molecule has 0 aromatic heterocycles. The van der Waals surface area contributed by atoms with E-state index in [2.05, 4.69) is 11.2 Å². The minimum atomic E-state index is -0.844. The van der Waals surface area contributed by atoms with Gasteiger partial charge in [0.25, 0.3) is 0 Å². The highest BCUT2D eigenvalue weighted by atomic mass is 19.1. The van der Waals surface area contributed by atoms with Gasteiger partial charge in [0, 0.05) is 24.7 Å². The van der Waals surface area contributed by atoms with Crippen LogP contribution < -0.4 is 5.32 Å². The molecular weight excluding hydrogens is 492 g/mol. The molecule has 2 aromatic carbocycles. The van der Waals surface area contributed by atoms with E-state index in [0.717, 1.165) is 24.1 Å². The van der Waals surface area contributed by atoms with Crippen molar-refractivity contribution in [3.05, 3.63) is 71.3 Å². The number of nitrogens with zero attached hydrogens (tertiary/aromatic N) is 4. The van der Waals surface area contributed by atoms with Gasteiger partial charge >= 0.3 is 6.03 Å². The SMILES string of the molecule is C#CCN1CC(=O)N2[C@@H](CCCC)C(=O)N(Cc3ccc(F)cc3F)C[C@@H]2N1C(=O)NCc1ccccc1. The van der Waals surface area contributed by atoms with Crippen LogP contribution in [-0.4, -0.2) is 69.5 Å². The second kappa shape index (κ2) is 12.0. The summed E-state index contributed by atoms with van der Waals surface area (Å²) in [6.07, 6.45) is 6.59. The number of carbonyl (C=O) groups is 3. The lowest BCUT2D eigenvalue weighted by molar-refractivity contribution is -0.189. The average molecular weight is 524 g/mol. The number of hydrogen-bond donors (Lipinski definition) is 1. The summed E-state index contributed by atoms with van der Waals surface area (Å²) in [4.78, 5) is 43.3. The summed E-state index contributed by atoms with van der Waals surface area (Å²) < 4.78 is 28.0. The number of fused-ring (bicyclic) bond motifs is 1. The van der Waals surface area contributed by atoms with Crippen LogP contribution in [0.3, 0.4) is 0 Å². The van der Waals surface area contributed by atoms with Gasteiger partial charge in [0.2, 0.25) is 11.8 Å². The Labute approximate surface area is 221 Å². The molecule has 2 heterocycles. The van der Waals surface area contributed by atoms with Crippen LogP contribution in [0.2, 0.25) is 0 Å². The molecule has 0 saturated carbocycles. The van der Waals surface area contributed by atoms with Crippen molar-refractivity contribution >= 4 is 17.8 Å². The quantitative estimate of drug-likeness (QED) is 0.540. The summed E-state index contributed by atoms with van der Waals surface area (Å²) in [5.41, 5.74) is 1.03. The molecule has 0 spiro atoms. The van der Waals surface area contributed by atoms with Gasteiger partial charge in [0.15, 0.2) is 0 Å². The third kappa shape index (κ3) is 5.78. The Bertz CT molecular complexity index is 1220. The van der Waals surface area contributed by atoms with Gasteiger partial charge in [-0.3, -0.25) is 9.59 Å². The Morgan fingerprint density at radius 1 is 1.16 bits per heavy atom. The van der Waals surface area contributed by atoms with Crippen molar-refractivity contribution in [3.8, 4) is 12.3 Å². The number of nitrogens with one attached hydrogen (secondary N) is 1. The molecule has 0 aliphatic carbocycles. The Morgan fingerprint density at radius 2 is 1.92 bits per heavy atom. The fourth-order valence-corrected chi connectivity index (χ4v) is 4.96. The second-order valence-electron chi connectivity index (χ2n) is 9.41. The van der Waals surface area contributed by atoms with Crippen LogP contribution >= 0.6 is 0 Å². The van der Waals surface area contributed by atoms with Crippen molar-refractivity contribution in [3.63, 3.8) is 0 Å². The van der Waals surface area contributed by atoms with Crippen LogP contribution in [0.15, 0.2) is 48.5 Å². The zero-order valence-corrected chi connectivity index (χ0v) is 21.3. The van der Waals surface area contributed by atoms with Crippen molar-refractivity contribution in [1.29, 1.82) is 0 Å². The van der Waals surface area contributed by atoms with Crippen LogP contribution in [0.1, 0.15) is 37.3 Å². The van der Waals surface area contributed by atoms with Crippen molar-refractivity contribution in [2.75, 3.05) is 19.6 Å². The first kappa shape index (κ1) is 27.1. The van der Waals surface area contributed by atoms with Crippen molar-refractivity contribution in [1.82, 2.24) is 25.1 Å². The Morgan fingerprint density at radius 3 is 2.61 bits per heavy atom. The van der Waals surface area contributed by atoms with Crippen LogP contribution in [0.4, 0.5) is 13.6 Å². The largest absolute Gasteiger partial charge is 0.334 e. The molecule has 0 unspecified atom stereocenters. The first-order valence-corrected chi connectivity index (χ1v) is 12.7. The average Bonchev–Trinajstić information content (AvgIpc) is 2.90. The van der Waals surface area contributed by atoms with E-state index >= 15 is 0 Å². The van der Waals surface area contributed by atoms with Crippen LogP contribution in [0, 0.1) is 24.0 Å². The van der Waals surface area contributed by atoms with Gasteiger partial charge < -0.3 is 15.1 Å². The van der Waals surface area contributed by atoms with Gasteiger partial charge in [-0.15, -0.1) is 6.42 Å². The monoisotopic (exact) mass is 523 g/mol. The number of urea groups is 1. The third-order valence-corrected chi connectivity index (χ3v) is 6.81. The summed E-state index contributed by atoms with van der Waals surface area (Å²) in [6, 6.07) is 11.3. The summed E-state index contributed by atoms with van der Waals surface area (Å²) in [5, 5.41) is 5.79. The highest BCUT2D eigenvalue weighted by Crippen LogP contribution is 2.30. The normalized spacial score (nSPS) is 19.8. The lowest BCUT2D eigenvalue weighted by atomic mass is 10.0. The van der Waals surface area contributed by atoms with Crippen molar-refractivity contribution < 1.29 is 23.2 Å². The minimum absolute atomic E-state index is 0.00893. The lowest BCUT2D eigenvalue weighted by Crippen LogP contribution is -2.76. The van der Waals surface area contributed by atoms with Crippen LogP contribution in [0.25, 0.3) is 0 Å². The maximum atomic E-state index is 14.5. The molecule has 1 N–H and O–H groups in total. The van der Waals surface area contributed by atoms with Crippen LogP contribution in [0.5, 0.6) is 0 Å². The number of hydrazine groups is 1. The van der Waals surface area contributed by atoms with Gasteiger partial charge in [-0.25, -0.2) is 18.6 Å². The van der Waals surface area contributed by atoms with E-state index in [-0.39, 0.29) is 50.1 Å². The fraction of sp³-hybridized carbons (Fsp3) is 0.393. The second-order valence-corrected chi connectivity index (χ2v) is 9.41. The van der Waals surface area contributed by atoms with Crippen molar-refractivity contribution in [2.45, 2.75) is 51.5 Å². The summed E-state index contributed by atoms with van der Waals surface area (Å²) in [6.45, 7) is 1.91. The van der Waals surface area contributed by atoms with E-state index in [1.807, 2.05) is 37.3 Å². The first-order chi connectivity index (χ1) is 18.3. The maximum Gasteiger partial charge on any atom is 0.334 e. The van der Waals surface area contributed by atoms with E-state index in [1.54, 1.807) is 0 Å². The number of halogens is 2. The molecule has 2 atom stereocenters. The third-order valence-electron chi connectivity index (χ3n) is 6.81. The van der Waals surface area contributed by atoms with E-state index in [9.17, 15) is 23.2 Å². The predicted octanol–water partition coefficient (Wildman–Crippen LogP) is 3.10. The van der Waals surface area contributed by atoms with E-state index in [4.69, 9.17) is 6.42 Å². The zero-order valence-electron chi connectivity index (χ0n) is 21.3. The van der Waals surface area contributed by atoms with Crippen LogP contribution in [-0.2, 0) is 22.7 Å². The molecule has 4 rings (SSSR count). The highest BCUT2D eigenvalue weighted by molar-refractivity contribution is 5.91. The molecule has 10 heteroatoms. The molecule has 2 saturated heterocycles. The van der Waals surface area contributed by atoms with E-state index in [0.29, 0.717) is 12.8 Å². The van der Waals surface area contributed by atoms with Gasteiger partial charge in [-0.1, -0.05) is 62.1 Å². The molecule has 0 bridgehead atoms. The van der Waals surface area contributed by atoms with Gasteiger partial charge in [-0.05, 0) is 18.1 Å². The minimum Gasteiger partial charge on any atom is -0.333 e. The molecule has 8 nitrogen and oxygen atoms in total. The number of terminal acetylenes is 1. The molecule has 4 amide bonds. The van der Waals surface area contributed by atoms with E-state index in [1.165, 1.54) is 25.9 Å². The molecular formula is C28H31F2N5O3. The maximum absolute atomic E-state index is 14.5. The summed E-state index contributed by atoms with van der Waals surface area (Å²) in [7, 11) is 0. The molecule has 2 fully saturated rings. The number of benzene rings is 2. The number of unbranched alkanes of at least 4 members (excludes halogenated alkanes) is 1. The number of carbonyl (C=O) groups excluding carboxylic acids is 3. The molecule has 2 aliphatic rings. The van der Waals surface area contributed by atoms with Crippen molar-refractivity contribution in [2.24, 2.45) is 0 Å². The predicted molar refractivity (Wildman–Crippen MR) is 137 cm³/mol. The molecule has 38 heavy (non-hydrogen) atoms. The number of rotatable bonds is 8. The summed E-state index contributed by atoms with van der Waals surface area (Å²) >= 11 is 0. The lowest BCUT2D eigenvalue weighted by Gasteiger charge is -2.55. The molecule has 200 valence electrons. The Balaban J connectivity index is 1.66. The number of amides is 4. The van der Waals surface area contributed by atoms with Gasteiger partial charge in [0.1, 0.15) is 23.8 Å². The van der Waals surface area contributed by atoms with Gasteiger partial charge in [-0.2, -0.15) is 5.01 Å². The Kier molecular flexibility index (Phi) is 8.59. The number of piperazine rings is 1. The first-order valence-electron chi connectivity index (χ1n) is 12.7. The fourth-order valence-electron chi connectivity index (χ4n) is 4.96. The standard InChI is InChI=1S/C28H31F2N5O3/c1-3-5-11-24-27(37)32(17-21-12-13-22(29)15-23(21)30)18-25-34(24)26(36)19-33(14-4-2)35(25)28(38)31-16-20-9-7-6-8-10-20/h2,6-10,12-13,15,24-25H,3,5,11,14,16-19H2,1H3,(H,31,38)/t24-,25-/m0/s1. The van der Waals surface area contributed by atoms with Gasteiger partial charge in [0.05, 0.1) is 19.6 Å². The highest BCUT2D eigenvalue weighted by Gasteiger charge is 2.51. The molecule has 2 aliphatic heterocycles. The summed E-state index contributed by atoms with van der Waals surface area (Å²) in [5.74, 6) is 0.378. The molecule has 2 aromatic rings. The topological polar surface area (TPSA) is 76.2 Å². The number of hydrogen-bond acceptors (Lipinski definition) is 4. The molecule has 0 radical (unpaired) electrons. The smallest absolute Gasteiger partial charge is 0.333 e. The Hall–Kier alpha value is -3.97.